The van der Waals surface area contributed by atoms with Crippen LogP contribution in [0.4, 0.5) is 0 Å². The molecule has 3 rings (SSSR count). The van der Waals surface area contributed by atoms with Gasteiger partial charge in [-0.1, -0.05) is 12.1 Å². The van der Waals surface area contributed by atoms with E-state index >= 15 is 0 Å². The first-order chi connectivity index (χ1) is 8.22. The molecule has 0 aliphatic carbocycles. The fourth-order valence-corrected chi connectivity index (χ4v) is 2.10. The summed E-state index contributed by atoms with van der Waals surface area (Å²) in [5.74, 6) is 1.86. The number of nitrogens with two attached hydrogens (primary N) is 1. The summed E-state index contributed by atoms with van der Waals surface area (Å²) in [5.41, 5.74) is 6.73. The van der Waals surface area contributed by atoms with Crippen molar-refractivity contribution in [1.82, 2.24) is 14.8 Å². The molecule has 1 aliphatic rings. The van der Waals surface area contributed by atoms with Crippen LogP contribution in [0, 0.1) is 0 Å². The molecule has 1 unspecified atom stereocenters. The molecule has 5 nitrogen and oxygen atoms in total. The molecule has 1 aromatic heterocycles. The Labute approximate surface area is 98.9 Å². The molecule has 0 fully saturated rings. The molecule has 0 spiro atoms. The van der Waals surface area contributed by atoms with Crippen LogP contribution in [-0.2, 0) is 13.0 Å². The second-order valence-electron chi connectivity index (χ2n) is 4.38. The van der Waals surface area contributed by atoms with Crippen LogP contribution in [0.1, 0.15) is 12.2 Å². The van der Waals surface area contributed by atoms with Crippen LogP contribution in [-0.4, -0.2) is 25.9 Å². The van der Waals surface area contributed by atoms with E-state index < -0.39 is 0 Å². The smallest absolute Gasteiger partial charge is 0.181 e. The Morgan fingerprint density at radius 2 is 2.29 bits per heavy atom. The number of nitrogens with zero attached hydrogens (tertiary/aromatic N) is 3. The molecule has 2 heterocycles. The molecular formula is C12H14N4O. The third kappa shape index (κ3) is 1.89. The lowest BCUT2D eigenvalue weighted by Crippen LogP contribution is -2.32. The monoisotopic (exact) mass is 230 g/mol. The van der Waals surface area contributed by atoms with Crippen molar-refractivity contribution < 1.29 is 5.11 Å². The molecule has 0 amide bonds. The van der Waals surface area contributed by atoms with Gasteiger partial charge in [0.1, 0.15) is 11.6 Å². The molecule has 0 saturated carbocycles. The Balaban J connectivity index is 2.00. The molecule has 88 valence electrons. The van der Waals surface area contributed by atoms with E-state index in [-0.39, 0.29) is 11.8 Å². The Morgan fingerprint density at radius 1 is 1.41 bits per heavy atom. The summed E-state index contributed by atoms with van der Waals surface area (Å²) in [6, 6.07) is 7.15. The summed E-state index contributed by atoms with van der Waals surface area (Å²) >= 11 is 0. The molecule has 3 N–H and O–H groups in total. The predicted molar refractivity (Wildman–Crippen MR) is 63.4 cm³/mol. The Morgan fingerprint density at radius 3 is 3.12 bits per heavy atom. The molecule has 0 bridgehead atoms. The third-order valence-corrected chi connectivity index (χ3v) is 3.00. The van der Waals surface area contributed by atoms with Crippen LogP contribution in [0.15, 0.2) is 24.3 Å². The van der Waals surface area contributed by atoms with Gasteiger partial charge in [-0.25, -0.2) is 9.67 Å². The van der Waals surface area contributed by atoms with Gasteiger partial charge in [-0.2, -0.15) is 5.10 Å². The van der Waals surface area contributed by atoms with Gasteiger partial charge in [-0.3, -0.25) is 0 Å². The summed E-state index contributed by atoms with van der Waals surface area (Å²) in [7, 11) is 0. The molecule has 1 atom stereocenters. The first-order valence-electron chi connectivity index (χ1n) is 5.71. The van der Waals surface area contributed by atoms with Crippen LogP contribution < -0.4 is 5.73 Å². The minimum Gasteiger partial charge on any atom is -0.508 e. The number of phenols is 1. The SMILES string of the molecule is NC1CCc2nc(-c3cccc(O)c3)nn2C1. The highest BCUT2D eigenvalue weighted by atomic mass is 16.3. The highest BCUT2D eigenvalue weighted by Gasteiger charge is 2.19. The number of aryl methyl sites for hydroxylation is 1. The van der Waals surface area contributed by atoms with Crippen LogP contribution in [0.5, 0.6) is 5.75 Å². The van der Waals surface area contributed by atoms with Crippen molar-refractivity contribution in [3.8, 4) is 17.1 Å². The standard InChI is InChI=1S/C12H14N4O/c13-9-4-5-11-14-12(15-16(11)7-9)8-2-1-3-10(17)6-8/h1-3,6,9,17H,4-5,7,13H2. The van der Waals surface area contributed by atoms with Crippen LogP contribution in [0.2, 0.25) is 0 Å². The highest BCUT2D eigenvalue weighted by Crippen LogP contribution is 2.22. The van der Waals surface area contributed by atoms with Gasteiger partial charge in [0.25, 0.3) is 0 Å². The van der Waals surface area contributed by atoms with Gasteiger partial charge < -0.3 is 10.8 Å². The maximum absolute atomic E-state index is 9.44. The number of aromatic nitrogens is 3. The van der Waals surface area contributed by atoms with Crippen molar-refractivity contribution in [1.29, 1.82) is 0 Å². The minimum absolute atomic E-state index is 0.168. The van der Waals surface area contributed by atoms with Crippen LogP contribution >= 0.6 is 0 Å². The van der Waals surface area contributed by atoms with Crippen LogP contribution in [0.3, 0.4) is 0 Å². The second-order valence-corrected chi connectivity index (χ2v) is 4.38. The van der Waals surface area contributed by atoms with E-state index in [1.165, 1.54) is 0 Å². The molecule has 1 aliphatic heterocycles. The van der Waals surface area contributed by atoms with E-state index in [1.807, 2.05) is 10.7 Å². The van der Waals surface area contributed by atoms with Crippen molar-refractivity contribution in [2.24, 2.45) is 5.73 Å². The van der Waals surface area contributed by atoms with E-state index in [9.17, 15) is 5.11 Å². The zero-order valence-electron chi connectivity index (χ0n) is 9.37. The average Bonchev–Trinajstić information content (AvgIpc) is 2.72. The first-order valence-corrected chi connectivity index (χ1v) is 5.71. The average molecular weight is 230 g/mol. The minimum atomic E-state index is 0.168. The normalized spacial score (nSPS) is 19.0. The van der Waals surface area contributed by atoms with Gasteiger partial charge in [0, 0.05) is 18.0 Å². The molecule has 0 saturated heterocycles. The van der Waals surface area contributed by atoms with Gasteiger partial charge in [0.15, 0.2) is 5.82 Å². The summed E-state index contributed by atoms with van der Waals surface area (Å²) < 4.78 is 1.87. The predicted octanol–water partition coefficient (Wildman–Crippen LogP) is 0.924. The maximum atomic E-state index is 9.44. The number of fused-ring (bicyclic) bond motifs is 1. The number of phenolic OH excluding ortho intramolecular Hbond substituents is 1. The third-order valence-electron chi connectivity index (χ3n) is 3.00. The number of benzene rings is 1. The van der Waals surface area contributed by atoms with Crippen molar-refractivity contribution in [3.63, 3.8) is 0 Å². The van der Waals surface area contributed by atoms with E-state index in [2.05, 4.69) is 10.1 Å². The molecule has 17 heavy (non-hydrogen) atoms. The number of aromatic hydroxyl groups is 1. The van der Waals surface area contributed by atoms with Gasteiger partial charge in [0.05, 0.1) is 6.54 Å². The Kier molecular flexibility index (Phi) is 2.33. The van der Waals surface area contributed by atoms with Gasteiger partial charge >= 0.3 is 0 Å². The quantitative estimate of drug-likeness (QED) is 0.763. The second kappa shape index (κ2) is 3.85. The van der Waals surface area contributed by atoms with Gasteiger partial charge in [-0.15, -0.1) is 0 Å². The van der Waals surface area contributed by atoms with Gasteiger partial charge in [0.2, 0.25) is 0 Å². The van der Waals surface area contributed by atoms with Crippen molar-refractivity contribution >= 4 is 0 Å². The van der Waals surface area contributed by atoms with E-state index in [0.717, 1.165) is 30.8 Å². The fourth-order valence-electron chi connectivity index (χ4n) is 2.10. The maximum Gasteiger partial charge on any atom is 0.181 e. The summed E-state index contributed by atoms with van der Waals surface area (Å²) in [4.78, 5) is 4.48. The fraction of sp³-hybridized carbons (Fsp3) is 0.333. The molecule has 0 radical (unpaired) electrons. The molecule has 2 aromatic rings. The largest absolute Gasteiger partial charge is 0.508 e. The summed E-state index contributed by atoms with van der Waals surface area (Å²) in [5, 5.41) is 13.9. The van der Waals surface area contributed by atoms with E-state index in [0.29, 0.717) is 5.82 Å². The van der Waals surface area contributed by atoms with Gasteiger partial charge in [-0.05, 0) is 18.6 Å². The Hall–Kier alpha value is -1.88. The van der Waals surface area contributed by atoms with E-state index in [1.54, 1.807) is 18.2 Å². The lowest BCUT2D eigenvalue weighted by Gasteiger charge is -2.17. The number of hydrogen-bond acceptors (Lipinski definition) is 4. The zero-order chi connectivity index (χ0) is 11.8. The lowest BCUT2D eigenvalue weighted by molar-refractivity contribution is 0.422. The lowest BCUT2D eigenvalue weighted by atomic mass is 10.1. The van der Waals surface area contributed by atoms with E-state index in [4.69, 9.17) is 5.73 Å². The highest BCUT2D eigenvalue weighted by molar-refractivity contribution is 5.56. The first kappa shape index (κ1) is 10.3. The summed E-state index contributed by atoms with van der Waals surface area (Å²) in [6.07, 6.45) is 1.82. The molecule has 1 aromatic carbocycles. The van der Waals surface area contributed by atoms with Crippen molar-refractivity contribution in [3.05, 3.63) is 30.1 Å². The topological polar surface area (TPSA) is 77.0 Å². The van der Waals surface area contributed by atoms with Crippen molar-refractivity contribution in [2.45, 2.75) is 25.4 Å². The number of hydrogen-bond donors (Lipinski definition) is 2. The molecular weight excluding hydrogens is 216 g/mol. The Bertz CT molecular complexity index is 549. The number of rotatable bonds is 1. The van der Waals surface area contributed by atoms with Crippen molar-refractivity contribution in [2.75, 3.05) is 0 Å². The summed E-state index contributed by atoms with van der Waals surface area (Å²) in [6.45, 7) is 0.723. The molecule has 5 heteroatoms. The zero-order valence-corrected chi connectivity index (χ0v) is 9.37. The van der Waals surface area contributed by atoms with Crippen LogP contribution in [0.25, 0.3) is 11.4 Å².